The van der Waals surface area contributed by atoms with E-state index in [4.69, 9.17) is 4.74 Å². The van der Waals surface area contributed by atoms with Crippen molar-refractivity contribution < 1.29 is 4.74 Å². The van der Waals surface area contributed by atoms with E-state index in [-0.39, 0.29) is 6.04 Å². The Kier molecular flexibility index (Phi) is 2.75. The first kappa shape index (κ1) is 10.3. The Bertz CT molecular complexity index is 483. The van der Waals surface area contributed by atoms with Crippen molar-refractivity contribution in [3.63, 3.8) is 0 Å². The summed E-state index contributed by atoms with van der Waals surface area (Å²) in [6, 6.07) is 4.12. The normalized spacial score (nSPS) is 18.5. The van der Waals surface area contributed by atoms with E-state index < -0.39 is 0 Å². The van der Waals surface area contributed by atoms with Crippen molar-refractivity contribution in [1.82, 2.24) is 20.3 Å². The van der Waals surface area contributed by atoms with Crippen LogP contribution in [0.25, 0.3) is 0 Å². The van der Waals surface area contributed by atoms with Crippen molar-refractivity contribution in [2.24, 2.45) is 0 Å². The highest BCUT2D eigenvalue weighted by atomic mass is 16.5. The molecule has 3 heterocycles. The average Bonchev–Trinajstić information content (AvgIpc) is 2.89. The molecule has 0 spiro atoms. The van der Waals surface area contributed by atoms with Crippen molar-refractivity contribution in [3.05, 3.63) is 42.2 Å². The number of ether oxygens (including phenoxy) is 1. The molecule has 5 heteroatoms. The second-order valence-electron chi connectivity index (χ2n) is 4.03. The Hall–Kier alpha value is -1.88. The maximum absolute atomic E-state index is 5.57. The lowest BCUT2D eigenvalue weighted by atomic mass is 10.1. The van der Waals surface area contributed by atoms with Crippen molar-refractivity contribution in [2.75, 3.05) is 6.61 Å². The minimum atomic E-state index is 0.253. The van der Waals surface area contributed by atoms with Crippen LogP contribution in [0, 0.1) is 0 Å². The number of aromatic amines is 1. The number of rotatable bonds is 3. The smallest absolute Gasteiger partial charge is 0.142 e. The Morgan fingerprint density at radius 1 is 1.53 bits per heavy atom. The van der Waals surface area contributed by atoms with Gasteiger partial charge < -0.3 is 15.0 Å². The molecule has 0 amide bonds. The van der Waals surface area contributed by atoms with Crippen LogP contribution in [0.5, 0.6) is 5.75 Å². The zero-order chi connectivity index (χ0) is 11.5. The van der Waals surface area contributed by atoms with Gasteiger partial charge in [-0.15, -0.1) is 0 Å². The molecule has 88 valence electrons. The SMILES string of the molecule is c1cnc2c(c1)OCCC2NCc1cnc[nH]1. The standard InChI is InChI=1S/C12H14N4O/c1-2-11-12(14-4-1)10(3-5-17-11)15-7-9-6-13-8-16-9/h1-2,4,6,8,10,15H,3,5,7H2,(H,13,16). The van der Waals surface area contributed by atoms with Gasteiger partial charge in [0.1, 0.15) is 5.75 Å². The second kappa shape index (κ2) is 4.55. The third-order valence-corrected chi connectivity index (χ3v) is 2.89. The molecule has 2 aromatic heterocycles. The molecule has 3 rings (SSSR count). The van der Waals surface area contributed by atoms with E-state index in [2.05, 4.69) is 20.3 Å². The summed E-state index contributed by atoms with van der Waals surface area (Å²) in [6.07, 6.45) is 6.26. The maximum atomic E-state index is 5.57. The predicted octanol–water partition coefficient (Wildman–Crippen LogP) is 1.42. The maximum Gasteiger partial charge on any atom is 0.142 e. The molecule has 17 heavy (non-hydrogen) atoms. The van der Waals surface area contributed by atoms with Gasteiger partial charge >= 0.3 is 0 Å². The van der Waals surface area contributed by atoms with Gasteiger partial charge in [0.2, 0.25) is 0 Å². The molecule has 0 saturated heterocycles. The molecule has 2 N–H and O–H groups in total. The van der Waals surface area contributed by atoms with Crippen molar-refractivity contribution >= 4 is 0 Å². The van der Waals surface area contributed by atoms with E-state index in [1.54, 1.807) is 12.5 Å². The van der Waals surface area contributed by atoms with Crippen LogP contribution in [0.15, 0.2) is 30.9 Å². The van der Waals surface area contributed by atoms with Crippen LogP contribution in [0.3, 0.4) is 0 Å². The van der Waals surface area contributed by atoms with Crippen LogP contribution < -0.4 is 10.1 Å². The molecule has 1 aliphatic rings. The van der Waals surface area contributed by atoms with Crippen molar-refractivity contribution in [2.45, 2.75) is 19.0 Å². The molecule has 0 radical (unpaired) electrons. The summed E-state index contributed by atoms with van der Waals surface area (Å²) in [5.74, 6) is 0.890. The first-order valence-corrected chi connectivity index (χ1v) is 5.72. The number of pyridine rings is 1. The molecule has 1 aliphatic heterocycles. The monoisotopic (exact) mass is 230 g/mol. The summed E-state index contributed by atoms with van der Waals surface area (Å²) in [5, 5.41) is 3.47. The highest BCUT2D eigenvalue weighted by molar-refractivity contribution is 5.31. The van der Waals surface area contributed by atoms with E-state index in [1.807, 2.05) is 18.3 Å². The number of fused-ring (bicyclic) bond motifs is 1. The van der Waals surface area contributed by atoms with E-state index in [0.717, 1.165) is 36.7 Å². The minimum absolute atomic E-state index is 0.253. The fourth-order valence-electron chi connectivity index (χ4n) is 2.02. The molecule has 0 aromatic carbocycles. The molecule has 0 aliphatic carbocycles. The highest BCUT2D eigenvalue weighted by Crippen LogP contribution is 2.29. The number of imidazole rings is 1. The molecular formula is C12H14N4O. The number of nitrogens with zero attached hydrogens (tertiary/aromatic N) is 2. The lowest BCUT2D eigenvalue weighted by molar-refractivity contribution is 0.247. The molecule has 0 saturated carbocycles. The first-order chi connectivity index (χ1) is 8.43. The van der Waals surface area contributed by atoms with Crippen LogP contribution in [0.2, 0.25) is 0 Å². The molecule has 0 bridgehead atoms. The third-order valence-electron chi connectivity index (χ3n) is 2.89. The summed E-state index contributed by atoms with van der Waals surface area (Å²) >= 11 is 0. The first-order valence-electron chi connectivity index (χ1n) is 5.72. The zero-order valence-electron chi connectivity index (χ0n) is 9.39. The van der Waals surface area contributed by atoms with E-state index in [0.29, 0.717) is 0 Å². The average molecular weight is 230 g/mol. The van der Waals surface area contributed by atoms with Crippen LogP contribution in [-0.2, 0) is 6.54 Å². The van der Waals surface area contributed by atoms with Gasteiger partial charge in [-0.05, 0) is 12.1 Å². The molecular weight excluding hydrogens is 216 g/mol. The number of aromatic nitrogens is 3. The van der Waals surface area contributed by atoms with Gasteiger partial charge in [-0.2, -0.15) is 0 Å². The Labute approximate surface area is 99.3 Å². The van der Waals surface area contributed by atoms with Gasteiger partial charge in [0, 0.05) is 31.1 Å². The lowest BCUT2D eigenvalue weighted by Crippen LogP contribution is -2.27. The molecule has 2 aromatic rings. The molecule has 1 atom stereocenters. The summed E-state index contributed by atoms with van der Waals surface area (Å²) in [5.41, 5.74) is 2.08. The van der Waals surface area contributed by atoms with Gasteiger partial charge in [-0.25, -0.2) is 4.98 Å². The van der Waals surface area contributed by atoms with Gasteiger partial charge in [-0.1, -0.05) is 0 Å². The van der Waals surface area contributed by atoms with Crippen LogP contribution >= 0.6 is 0 Å². The second-order valence-corrected chi connectivity index (χ2v) is 4.03. The number of nitrogens with one attached hydrogen (secondary N) is 2. The van der Waals surface area contributed by atoms with E-state index >= 15 is 0 Å². The van der Waals surface area contributed by atoms with Crippen LogP contribution in [0.4, 0.5) is 0 Å². The predicted molar refractivity (Wildman–Crippen MR) is 62.5 cm³/mol. The number of H-pyrrole nitrogens is 1. The van der Waals surface area contributed by atoms with Crippen molar-refractivity contribution in [3.8, 4) is 5.75 Å². The largest absolute Gasteiger partial charge is 0.492 e. The lowest BCUT2D eigenvalue weighted by Gasteiger charge is -2.25. The zero-order valence-corrected chi connectivity index (χ0v) is 9.39. The van der Waals surface area contributed by atoms with E-state index in [9.17, 15) is 0 Å². The molecule has 1 unspecified atom stereocenters. The molecule has 0 fully saturated rings. The van der Waals surface area contributed by atoms with Crippen LogP contribution in [0.1, 0.15) is 23.9 Å². The Morgan fingerprint density at radius 3 is 3.41 bits per heavy atom. The number of hydrogen-bond donors (Lipinski definition) is 2. The fraction of sp³-hybridized carbons (Fsp3) is 0.333. The van der Waals surface area contributed by atoms with E-state index in [1.165, 1.54) is 0 Å². The minimum Gasteiger partial charge on any atom is -0.492 e. The quantitative estimate of drug-likeness (QED) is 0.837. The third kappa shape index (κ3) is 2.14. The number of hydrogen-bond acceptors (Lipinski definition) is 4. The van der Waals surface area contributed by atoms with Crippen molar-refractivity contribution in [1.29, 1.82) is 0 Å². The van der Waals surface area contributed by atoms with Gasteiger partial charge in [-0.3, -0.25) is 4.98 Å². The van der Waals surface area contributed by atoms with Crippen LogP contribution in [-0.4, -0.2) is 21.6 Å². The molecule has 5 nitrogen and oxygen atoms in total. The summed E-state index contributed by atoms with van der Waals surface area (Å²) in [6.45, 7) is 1.50. The summed E-state index contributed by atoms with van der Waals surface area (Å²) in [7, 11) is 0. The highest BCUT2D eigenvalue weighted by Gasteiger charge is 2.21. The summed E-state index contributed by atoms with van der Waals surface area (Å²) in [4.78, 5) is 11.5. The fourth-order valence-corrected chi connectivity index (χ4v) is 2.02. The van der Waals surface area contributed by atoms with Gasteiger partial charge in [0.15, 0.2) is 0 Å². The summed E-state index contributed by atoms with van der Waals surface area (Å²) < 4.78 is 5.57. The van der Waals surface area contributed by atoms with Gasteiger partial charge in [0.25, 0.3) is 0 Å². The van der Waals surface area contributed by atoms with Gasteiger partial charge in [0.05, 0.1) is 24.7 Å². The Balaban J connectivity index is 1.72. The topological polar surface area (TPSA) is 62.8 Å². The Morgan fingerprint density at radius 2 is 2.53 bits per heavy atom.